The molecule has 0 aliphatic heterocycles. The number of nitrogens with one attached hydrogen (secondary N) is 2. The summed E-state index contributed by atoms with van der Waals surface area (Å²) in [5, 5.41) is 2.54. The molecule has 0 aliphatic carbocycles. The second kappa shape index (κ2) is 9.28. The van der Waals surface area contributed by atoms with Crippen molar-refractivity contribution in [3.63, 3.8) is 0 Å². The summed E-state index contributed by atoms with van der Waals surface area (Å²) in [6.45, 7) is 5.35. The van der Waals surface area contributed by atoms with Crippen molar-refractivity contribution >= 4 is 28.8 Å². The maximum absolute atomic E-state index is 12.3. The molecule has 9 heteroatoms. The first-order valence-electron chi connectivity index (χ1n) is 9.47. The molecular weight excluding hydrogens is 398 g/mol. The molecule has 158 valence electrons. The van der Waals surface area contributed by atoms with Crippen molar-refractivity contribution in [1.82, 2.24) is 19.9 Å². The Balaban J connectivity index is 1.68. The molecule has 0 atom stereocenters. The molecule has 0 radical (unpaired) electrons. The Kier molecular flexibility index (Phi) is 6.52. The highest BCUT2D eigenvalue weighted by atomic mass is 16.5. The monoisotopic (exact) mass is 419 g/mol. The molecule has 0 unspecified atom stereocenters. The molecule has 0 spiro atoms. The van der Waals surface area contributed by atoms with Crippen LogP contribution in [-0.4, -0.2) is 38.2 Å². The summed E-state index contributed by atoms with van der Waals surface area (Å²) >= 11 is 0. The van der Waals surface area contributed by atoms with E-state index >= 15 is 0 Å². The molecular formula is C22H21N5O4. The van der Waals surface area contributed by atoms with Gasteiger partial charge in [-0.1, -0.05) is 51.1 Å². The second-order valence-electron chi connectivity index (χ2n) is 7.70. The summed E-state index contributed by atoms with van der Waals surface area (Å²) in [6, 6.07) is 9.46. The number of ether oxygens (including phenoxy) is 1. The molecule has 0 fully saturated rings. The van der Waals surface area contributed by atoms with Gasteiger partial charge < -0.3 is 4.74 Å². The fourth-order valence-electron chi connectivity index (χ4n) is 2.34. The van der Waals surface area contributed by atoms with Crippen molar-refractivity contribution in [2.75, 3.05) is 11.9 Å². The Morgan fingerprint density at radius 2 is 1.90 bits per heavy atom. The van der Waals surface area contributed by atoms with E-state index in [1.807, 2.05) is 30.3 Å². The van der Waals surface area contributed by atoms with E-state index in [4.69, 9.17) is 4.74 Å². The van der Waals surface area contributed by atoms with Crippen LogP contribution in [0.15, 0.2) is 41.3 Å². The van der Waals surface area contributed by atoms with Gasteiger partial charge in [0.25, 0.3) is 5.56 Å². The first kappa shape index (κ1) is 21.8. The summed E-state index contributed by atoms with van der Waals surface area (Å²) in [7, 11) is 0. The van der Waals surface area contributed by atoms with Gasteiger partial charge in [-0.2, -0.15) is 4.98 Å². The molecule has 0 aliphatic rings. The van der Waals surface area contributed by atoms with Gasteiger partial charge in [-0.3, -0.25) is 24.7 Å². The minimum Gasteiger partial charge on any atom is -0.368 e. The number of rotatable bonds is 5. The van der Waals surface area contributed by atoms with Gasteiger partial charge in [0.15, 0.2) is 11.2 Å². The van der Waals surface area contributed by atoms with Gasteiger partial charge >= 0.3 is 0 Å². The fourth-order valence-corrected chi connectivity index (χ4v) is 2.34. The number of nitrogens with zero attached hydrogens (tertiary/aromatic N) is 3. The maximum atomic E-state index is 12.3. The fraction of sp³-hybridized carbons (Fsp3) is 0.273. The summed E-state index contributed by atoms with van der Waals surface area (Å²) < 4.78 is 5.34. The number of amides is 1. The molecule has 0 saturated heterocycles. The zero-order valence-electron chi connectivity index (χ0n) is 17.4. The van der Waals surface area contributed by atoms with Crippen LogP contribution in [0.4, 0.5) is 5.95 Å². The van der Waals surface area contributed by atoms with E-state index in [0.29, 0.717) is 6.61 Å². The average molecular weight is 419 g/mol. The van der Waals surface area contributed by atoms with Gasteiger partial charge in [0, 0.05) is 5.41 Å². The van der Waals surface area contributed by atoms with Crippen LogP contribution in [0.5, 0.6) is 0 Å². The highest BCUT2D eigenvalue weighted by molar-refractivity contribution is 5.97. The zero-order chi connectivity index (χ0) is 22.4. The number of fused-ring (bicyclic) bond motifs is 1. The van der Waals surface area contributed by atoms with Gasteiger partial charge in [-0.15, -0.1) is 0 Å². The van der Waals surface area contributed by atoms with Gasteiger partial charge in [0.05, 0.1) is 12.8 Å². The van der Waals surface area contributed by atoms with Gasteiger partial charge in [0.1, 0.15) is 12.3 Å². The number of H-pyrrole nitrogens is 1. The molecule has 1 aromatic carbocycles. The minimum atomic E-state index is -0.657. The number of aromatic amines is 1. The summed E-state index contributed by atoms with van der Waals surface area (Å²) in [5.41, 5.74) is -0.140. The lowest BCUT2D eigenvalue weighted by molar-refractivity contribution is -0.123. The van der Waals surface area contributed by atoms with Gasteiger partial charge in [-0.05, 0) is 17.4 Å². The molecule has 1 amide bonds. The Bertz CT molecular complexity index is 1230. The highest BCUT2D eigenvalue weighted by Gasteiger charge is 2.22. The van der Waals surface area contributed by atoms with E-state index < -0.39 is 16.8 Å². The molecule has 31 heavy (non-hydrogen) atoms. The standard InChI is InChI=1S/C22H21N5O4/c1-22(2,3)20(30)27-21-25-18-17(19(29)26-21)24-15(11-23-18)9-10-16(28)13-31-12-14-7-5-4-6-8-14/h4-8,11H,12-13H2,1-3H3,(H2,23,25,26,27,29,30). The minimum absolute atomic E-state index is 0.0173. The number of Topliss-reactive ketones (excluding diaryl/α,β-unsaturated/α-hetero) is 1. The van der Waals surface area contributed by atoms with E-state index in [0.717, 1.165) is 5.56 Å². The first-order valence-corrected chi connectivity index (χ1v) is 9.47. The molecule has 9 nitrogen and oxygen atoms in total. The third-order valence-electron chi connectivity index (χ3n) is 4.01. The lowest BCUT2D eigenvalue weighted by atomic mass is 9.96. The topological polar surface area (TPSA) is 127 Å². The van der Waals surface area contributed by atoms with Gasteiger partial charge in [0.2, 0.25) is 17.6 Å². The van der Waals surface area contributed by atoms with Crippen LogP contribution < -0.4 is 10.9 Å². The maximum Gasteiger partial charge on any atom is 0.280 e. The second-order valence-corrected chi connectivity index (χ2v) is 7.70. The van der Waals surface area contributed by atoms with Crippen LogP contribution in [0.1, 0.15) is 32.0 Å². The Labute approximate surface area is 178 Å². The SMILES string of the molecule is CC(C)(C)C(=O)Nc1nc2ncc(C#CC(=O)COCc3ccccc3)nc2c(=O)[nH]1. The molecule has 2 aromatic heterocycles. The van der Waals surface area contributed by atoms with E-state index in [1.54, 1.807) is 20.8 Å². The smallest absolute Gasteiger partial charge is 0.280 e. The predicted molar refractivity (Wildman–Crippen MR) is 114 cm³/mol. The number of aromatic nitrogens is 4. The van der Waals surface area contributed by atoms with Crippen LogP contribution in [-0.2, 0) is 20.9 Å². The Morgan fingerprint density at radius 3 is 2.61 bits per heavy atom. The molecule has 2 heterocycles. The summed E-state index contributed by atoms with van der Waals surface area (Å²) in [4.78, 5) is 51.0. The van der Waals surface area contributed by atoms with Crippen molar-refractivity contribution in [2.45, 2.75) is 27.4 Å². The number of carbonyl (C=O) groups excluding carboxylic acids is 2. The summed E-state index contributed by atoms with van der Waals surface area (Å²) in [6.07, 6.45) is 1.30. The predicted octanol–water partition coefficient (Wildman–Crippen LogP) is 1.84. The lowest BCUT2D eigenvalue weighted by Crippen LogP contribution is -2.29. The Hall–Kier alpha value is -3.90. The van der Waals surface area contributed by atoms with Crippen molar-refractivity contribution in [1.29, 1.82) is 0 Å². The van der Waals surface area contributed by atoms with E-state index in [9.17, 15) is 14.4 Å². The van der Waals surface area contributed by atoms with Crippen LogP contribution in [0.3, 0.4) is 0 Å². The van der Waals surface area contributed by atoms with Crippen molar-refractivity contribution in [3.8, 4) is 11.8 Å². The van der Waals surface area contributed by atoms with Crippen LogP contribution in [0.2, 0.25) is 0 Å². The van der Waals surface area contributed by atoms with E-state index in [1.165, 1.54) is 6.20 Å². The van der Waals surface area contributed by atoms with Crippen molar-refractivity contribution in [3.05, 3.63) is 58.1 Å². The number of anilines is 1. The number of benzene rings is 1. The lowest BCUT2D eigenvalue weighted by Gasteiger charge is -2.16. The number of hydrogen-bond acceptors (Lipinski definition) is 7. The van der Waals surface area contributed by atoms with Crippen LogP contribution in [0.25, 0.3) is 11.2 Å². The average Bonchev–Trinajstić information content (AvgIpc) is 2.72. The Morgan fingerprint density at radius 1 is 1.16 bits per heavy atom. The largest absolute Gasteiger partial charge is 0.368 e. The first-order chi connectivity index (χ1) is 14.7. The third kappa shape index (κ3) is 6.04. The molecule has 2 N–H and O–H groups in total. The normalized spacial score (nSPS) is 10.9. The molecule has 0 saturated carbocycles. The quantitative estimate of drug-likeness (QED) is 0.604. The number of carbonyl (C=O) groups is 2. The summed E-state index contributed by atoms with van der Waals surface area (Å²) in [5.74, 6) is 4.24. The number of ketones is 1. The van der Waals surface area contributed by atoms with E-state index in [2.05, 4.69) is 37.1 Å². The van der Waals surface area contributed by atoms with Crippen molar-refractivity contribution in [2.24, 2.45) is 5.41 Å². The third-order valence-corrected chi connectivity index (χ3v) is 4.01. The van der Waals surface area contributed by atoms with Crippen molar-refractivity contribution < 1.29 is 14.3 Å². The zero-order valence-corrected chi connectivity index (χ0v) is 17.4. The highest BCUT2D eigenvalue weighted by Crippen LogP contribution is 2.15. The molecule has 3 aromatic rings. The van der Waals surface area contributed by atoms with Crippen LogP contribution in [0, 0.1) is 17.3 Å². The van der Waals surface area contributed by atoms with E-state index in [-0.39, 0.29) is 35.3 Å². The molecule has 3 rings (SSSR count). The number of hydrogen-bond donors (Lipinski definition) is 2. The van der Waals surface area contributed by atoms with Crippen LogP contribution >= 0.6 is 0 Å². The molecule has 0 bridgehead atoms. The van der Waals surface area contributed by atoms with Gasteiger partial charge in [-0.25, -0.2) is 9.97 Å².